The minimum absolute atomic E-state index is 0.375. The monoisotopic (exact) mass is 271 g/mol. The molecule has 0 saturated heterocycles. The van der Waals surface area contributed by atoms with E-state index in [9.17, 15) is 0 Å². The fraction of sp³-hybridized carbons (Fsp3) is 0.471. The van der Waals surface area contributed by atoms with Gasteiger partial charge >= 0.3 is 0 Å². The first-order valence-electron chi connectivity index (χ1n) is 7.45. The van der Waals surface area contributed by atoms with Crippen LogP contribution in [0.4, 0.5) is 0 Å². The Labute approximate surface area is 122 Å². The molecule has 0 aliphatic heterocycles. The highest BCUT2D eigenvalue weighted by molar-refractivity contribution is 5.45. The number of hydrogen-bond donors (Lipinski definition) is 1. The minimum atomic E-state index is 0.375. The van der Waals surface area contributed by atoms with Crippen LogP contribution in [-0.4, -0.2) is 16.3 Å². The van der Waals surface area contributed by atoms with Crippen molar-refractivity contribution >= 4 is 0 Å². The lowest BCUT2D eigenvalue weighted by molar-refractivity contribution is 0.533. The Morgan fingerprint density at radius 3 is 2.40 bits per heavy atom. The van der Waals surface area contributed by atoms with Gasteiger partial charge in [0.1, 0.15) is 0 Å². The maximum absolute atomic E-state index is 4.71. The van der Waals surface area contributed by atoms with Gasteiger partial charge in [0.15, 0.2) is 0 Å². The second-order valence-electron chi connectivity index (χ2n) is 5.28. The van der Waals surface area contributed by atoms with Gasteiger partial charge in [0.05, 0.1) is 11.4 Å². The fourth-order valence-corrected chi connectivity index (χ4v) is 2.65. The molecule has 2 aromatic rings. The smallest absolute Gasteiger partial charge is 0.0696 e. The first-order valence-corrected chi connectivity index (χ1v) is 7.45. The molecule has 0 amide bonds. The van der Waals surface area contributed by atoms with E-state index >= 15 is 0 Å². The molecule has 0 aliphatic rings. The lowest BCUT2D eigenvalue weighted by Gasteiger charge is -2.20. The van der Waals surface area contributed by atoms with E-state index < -0.39 is 0 Å². The van der Waals surface area contributed by atoms with Crippen molar-refractivity contribution in [2.24, 2.45) is 0 Å². The van der Waals surface area contributed by atoms with Crippen molar-refractivity contribution in [2.45, 2.75) is 47.1 Å². The summed E-state index contributed by atoms with van der Waals surface area (Å²) in [6.07, 6.45) is 1.07. The van der Waals surface area contributed by atoms with Crippen LogP contribution in [0.2, 0.25) is 0 Å². The minimum Gasteiger partial charge on any atom is -0.310 e. The standard InChI is InChI=1S/C17H25N3/c1-6-16(18-7-2)15-10-8-9-11-17(15)20-14(5)12(3)13(4)19-20/h8-11,16,18H,6-7H2,1-5H3. The van der Waals surface area contributed by atoms with Crippen molar-refractivity contribution in [2.75, 3.05) is 6.54 Å². The summed E-state index contributed by atoms with van der Waals surface area (Å²) in [5, 5.41) is 8.26. The van der Waals surface area contributed by atoms with Crippen LogP contribution in [-0.2, 0) is 0 Å². The van der Waals surface area contributed by atoms with E-state index in [-0.39, 0.29) is 0 Å². The molecule has 3 nitrogen and oxygen atoms in total. The zero-order valence-corrected chi connectivity index (χ0v) is 13.2. The van der Waals surface area contributed by atoms with Crippen molar-refractivity contribution in [1.29, 1.82) is 0 Å². The summed E-state index contributed by atoms with van der Waals surface area (Å²) in [7, 11) is 0. The molecular formula is C17H25N3. The average molecular weight is 271 g/mol. The molecule has 1 aromatic heterocycles. The number of nitrogens with one attached hydrogen (secondary N) is 1. The van der Waals surface area contributed by atoms with Crippen LogP contribution in [0.25, 0.3) is 5.69 Å². The quantitative estimate of drug-likeness (QED) is 0.895. The Hall–Kier alpha value is -1.61. The molecule has 1 N–H and O–H groups in total. The summed E-state index contributed by atoms with van der Waals surface area (Å²) < 4.78 is 2.08. The van der Waals surface area contributed by atoms with Gasteiger partial charge in [0.2, 0.25) is 0 Å². The molecule has 0 saturated carbocycles. The van der Waals surface area contributed by atoms with Crippen LogP contribution >= 0.6 is 0 Å². The zero-order valence-electron chi connectivity index (χ0n) is 13.2. The van der Waals surface area contributed by atoms with Gasteiger partial charge in [0.25, 0.3) is 0 Å². The average Bonchev–Trinajstić information content (AvgIpc) is 2.72. The van der Waals surface area contributed by atoms with Crippen LogP contribution in [0.3, 0.4) is 0 Å². The number of aryl methyl sites for hydroxylation is 1. The van der Waals surface area contributed by atoms with Crippen LogP contribution in [0, 0.1) is 20.8 Å². The van der Waals surface area contributed by atoms with Gasteiger partial charge in [-0.1, -0.05) is 32.0 Å². The Kier molecular flexibility index (Phi) is 4.61. The van der Waals surface area contributed by atoms with Crippen LogP contribution in [0.1, 0.15) is 48.8 Å². The molecule has 1 atom stereocenters. The number of para-hydroxylation sites is 1. The number of hydrogen-bond acceptors (Lipinski definition) is 2. The molecule has 1 heterocycles. The molecule has 3 heteroatoms. The molecule has 108 valence electrons. The molecular weight excluding hydrogens is 246 g/mol. The molecule has 0 bridgehead atoms. The Morgan fingerprint density at radius 1 is 1.15 bits per heavy atom. The second-order valence-corrected chi connectivity index (χ2v) is 5.28. The van der Waals surface area contributed by atoms with Gasteiger partial charge in [0, 0.05) is 11.7 Å². The summed E-state index contributed by atoms with van der Waals surface area (Å²) in [6.45, 7) is 11.7. The van der Waals surface area contributed by atoms with Gasteiger partial charge in [-0.25, -0.2) is 4.68 Å². The van der Waals surface area contributed by atoms with Gasteiger partial charge < -0.3 is 5.32 Å². The lowest BCUT2D eigenvalue weighted by atomic mass is 10.0. The van der Waals surface area contributed by atoms with E-state index in [1.807, 2.05) is 0 Å². The van der Waals surface area contributed by atoms with Crippen molar-refractivity contribution in [3.63, 3.8) is 0 Å². The molecule has 0 aliphatic carbocycles. The topological polar surface area (TPSA) is 29.9 Å². The number of aromatic nitrogens is 2. The maximum Gasteiger partial charge on any atom is 0.0696 e. The van der Waals surface area contributed by atoms with Gasteiger partial charge in [-0.15, -0.1) is 0 Å². The largest absolute Gasteiger partial charge is 0.310 e. The Bertz CT molecular complexity index is 584. The molecule has 0 fully saturated rings. The van der Waals surface area contributed by atoms with E-state index in [4.69, 9.17) is 5.10 Å². The highest BCUT2D eigenvalue weighted by Crippen LogP contribution is 2.26. The van der Waals surface area contributed by atoms with Gasteiger partial charge in [-0.3, -0.25) is 0 Å². The van der Waals surface area contributed by atoms with Gasteiger partial charge in [-0.05, 0) is 50.9 Å². The van der Waals surface area contributed by atoms with Crippen molar-refractivity contribution in [3.05, 3.63) is 46.8 Å². The summed E-state index contributed by atoms with van der Waals surface area (Å²) >= 11 is 0. The zero-order chi connectivity index (χ0) is 14.7. The van der Waals surface area contributed by atoms with Crippen LogP contribution in [0.5, 0.6) is 0 Å². The van der Waals surface area contributed by atoms with Crippen LogP contribution in [0.15, 0.2) is 24.3 Å². The fourth-order valence-electron chi connectivity index (χ4n) is 2.65. The highest BCUT2D eigenvalue weighted by Gasteiger charge is 2.16. The van der Waals surface area contributed by atoms with Crippen LogP contribution < -0.4 is 5.32 Å². The summed E-state index contributed by atoms with van der Waals surface area (Å²) in [6, 6.07) is 8.94. The number of benzene rings is 1. The van der Waals surface area contributed by atoms with E-state index in [1.54, 1.807) is 0 Å². The normalized spacial score (nSPS) is 12.7. The van der Waals surface area contributed by atoms with E-state index in [0.29, 0.717) is 6.04 Å². The predicted molar refractivity (Wildman–Crippen MR) is 84.5 cm³/mol. The van der Waals surface area contributed by atoms with E-state index in [1.165, 1.54) is 22.5 Å². The Balaban J connectivity index is 2.54. The Morgan fingerprint density at radius 2 is 1.85 bits per heavy atom. The third-order valence-corrected chi connectivity index (χ3v) is 4.05. The van der Waals surface area contributed by atoms with Crippen molar-refractivity contribution in [1.82, 2.24) is 15.1 Å². The SMILES string of the molecule is CCNC(CC)c1ccccc1-n1nc(C)c(C)c1C. The lowest BCUT2D eigenvalue weighted by Crippen LogP contribution is -2.22. The molecule has 1 aromatic carbocycles. The van der Waals surface area contributed by atoms with Crippen molar-refractivity contribution in [3.8, 4) is 5.69 Å². The van der Waals surface area contributed by atoms with Gasteiger partial charge in [-0.2, -0.15) is 5.10 Å². The second kappa shape index (κ2) is 6.23. The summed E-state index contributed by atoms with van der Waals surface area (Å²) in [5.74, 6) is 0. The highest BCUT2D eigenvalue weighted by atomic mass is 15.3. The first kappa shape index (κ1) is 14.8. The maximum atomic E-state index is 4.71. The third-order valence-electron chi connectivity index (χ3n) is 4.05. The third kappa shape index (κ3) is 2.63. The molecule has 2 rings (SSSR count). The molecule has 20 heavy (non-hydrogen) atoms. The molecule has 0 radical (unpaired) electrons. The number of nitrogens with zero attached hydrogens (tertiary/aromatic N) is 2. The number of rotatable bonds is 5. The van der Waals surface area contributed by atoms with E-state index in [2.05, 4.69) is 68.9 Å². The molecule has 0 spiro atoms. The summed E-state index contributed by atoms with van der Waals surface area (Å²) in [5.41, 5.74) is 6.11. The van der Waals surface area contributed by atoms with E-state index in [0.717, 1.165) is 18.7 Å². The summed E-state index contributed by atoms with van der Waals surface area (Å²) in [4.78, 5) is 0. The first-order chi connectivity index (χ1) is 9.60. The van der Waals surface area contributed by atoms with Crippen molar-refractivity contribution < 1.29 is 0 Å². The molecule has 1 unspecified atom stereocenters. The predicted octanol–water partition coefficient (Wildman–Crippen LogP) is 3.86.